The number of furan rings is 1. The second-order valence-corrected chi connectivity index (χ2v) is 6.25. The third kappa shape index (κ3) is 2.48. The van der Waals surface area contributed by atoms with Gasteiger partial charge in [-0.1, -0.05) is 13.8 Å². The summed E-state index contributed by atoms with van der Waals surface area (Å²) in [6.45, 7) is 6.08. The number of rotatable bonds is 3. The third-order valence-corrected chi connectivity index (χ3v) is 4.30. The van der Waals surface area contributed by atoms with Gasteiger partial charge in [0, 0.05) is 17.7 Å². The maximum Gasteiger partial charge on any atom is 0.258 e. The molecule has 0 bridgehead atoms. The molecular formula is C18H19N3O3. The van der Waals surface area contributed by atoms with Crippen LogP contribution in [0.15, 0.2) is 45.1 Å². The Hall–Kier alpha value is -2.94. The zero-order valence-electron chi connectivity index (χ0n) is 13.9. The third-order valence-electron chi connectivity index (χ3n) is 4.30. The number of hydrogen-bond donors (Lipinski definition) is 1. The Morgan fingerprint density at radius 1 is 1.46 bits per heavy atom. The average molecular weight is 325 g/mol. The fourth-order valence-electron chi connectivity index (χ4n) is 3.14. The van der Waals surface area contributed by atoms with E-state index in [1.807, 2.05) is 26.8 Å². The summed E-state index contributed by atoms with van der Waals surface area (Å²) in [5.74, 6) is 0.853. The van der Waals surface area contributed by atoms with Gasteiger partial charge in [-0.25, -0.2) is 0 Å². The number of hydrogen-bond acceptors (Lipinski definition) is 5. The zero-order chi connectivity index (χ0) is 17.4. The Morgan fingerprint density at radius 3 is 2.79 bits per heavy atom. The first kappa shape index (κ1) is 15.9. The lowest BCUT2D eigenvalue weighted by atomic mass is 9.81. The van der Waals surface area contributed by atoms with E-state index in [0.717, 1.165) is 5.69 Å². The van der Waals surface area contributed by atoms with Crippen molar-refractivity contribution < 1.29 is 9.15 Å². The first-order valence-corrected chi connectivity index (χ1v) is 7.78. The van der Waals surface area contributed by atoms with Crippen molar-refractivity contribution in [3.05, 3.63) is 63.3 Å². The predicted octanol–water partition coefficient (Wildman–Crippen LogP) is 2.62. The molecular weight excluding hydrogens is 306 g/mol. The Bertz CT molecular complexity index is 899. The van der Waals surface area contributed by atoms with Gasteiger partial charge in [-0.05, 0) is 25.0 Å². The van der Waals surface area contributed by atoms with Crippen LogP contribution in [0.3, 0.4) is 0 Å². The van der Waals surface area contributed by atoms with Crippen LogP contribution in [0.2, 0.25) is 0 Å². The number of pyridine rings is 1. The molecule has 3 rings (SSSR count). The van der Waals surface area contributed by atoms with E-state index in [2.05, 4.69) is 6.07 Å². The van der Waals surface area contributed by atoms with Crippen LogP contribution in [-0.2, 0) is 6.54 Å². The van der Waals surface area contributed by atoms with E-state index in [4.69, 9.17) is 14.9 Å². The van der Waals surface area contributed by atoms with E-state index < -0.39 is 0 Å². The fraction of sp³-hybridized carbons (Fsp3) is 0.333. The van der Waals surface area contributed by atoms with Crippen LogP contribution in [0, 0.1) is 24.2 Å². The number of aryl methyl sites for hydroxylation is 1. The van der Waals surface area contributed by atoms with Crippen LogP contribution in [0.25, 0.3) is 0 Å². The van der Waals surface area contributed by atoms with E-state index in [1.165, 1.54) is 0 Å². The second-order valence-electron chi connectivity index (χ2n) is 6.25. The van der Waals surface area contributed by atoms with Gasteiger partial charge in [-0.15, -0.1) is 0 Å². The molecule has 1 atom stereocenters. The van der Waals surface area contributed by atoms with Crippen LogP contribution < -0.4 is 16.0 Å². The standard InChI is InChI=1S/C18H19N3O3/c1-10(2)15-13(8-19)17(20)24-14-7-11(3)21(18(22)16(14)15)9-12-5-4-6-23-12/h4-7,10,15H,9,20H2,1-3H3/t15-/m1/s1. The quantitative estimate of drug-likeness (QED) is 0.936. The summed E-state index contributed by atoms with van der Waals surface area (Å²) in [4.78, 5) is 13.1. The molecule has 6 heteroatoms. The van der Waals surface area contributed by atoms with E-state index in [-0.39, 0.29) is 23.3 Å². The molecule has 0 spiro atoms. The average Bonchev–Trinajstić information content (AvgIpc) is 3.03. The highest BCUT2D eigenvalue weighted by Gasteiger charge is 2.35. The molecule has 124 valence electrons. The first-order chi connectivity index (χ1) is 11.4. The molecule has 0 saturated carbocycles. The lowest BCUT2D eigenvalue weighted by Crippen LogP contribution is -2.34. The minimum absolute atomic E-state index is 0.0355. The van der Waals surface area contributed by atoms with Gasteiger partial charge in [-0.2, -0.15) is 5.26 Å². The van der Waals surface area contributed by atoms with E-state index in [1.54, 1.807) is 23.0 Å². The molecule has 0 saturated heterocycles. The minimum Gasteiger partial charge on any atom is -0.467 e. The molecule has 2 aromatic rings. The highest BCUT2D eigenvalue weighted by atomic mass is 16.5. The summed E-state index contributed by atoms with van der Waals surface area (Å²) in [5.41, 5.74) is 7.24. The number of nitrogens with two attached hydrogens (primary N) is 1. The number of nitrogens with zero attached hydrogens (tertiary/aromatic N) is 2. The van der Waals surface area contributed by atoms with E-state index in [0.29, 0.717) is 29.2 Å². The number of nitriles is 1. The molecule has 0 radical (unpaired) electrons. The van der Waals surface area contributed by atoms with Gasteiger partial charge < -0.3 is 19.5 Å². The van der Waals surface area contributed by atoms with Crippen molar-refractivity contribution in [2.24, 2.45) is 11.7 Å². The zero-order valence-corrected chi connectivity index (χ0v) is 13.9. The fourth-order valence-corrected chi connectivity index (χ4v) is 3.14. The summed E-state index contributed by atoms with van der Waals surface area (Å²) < 4.78 is 12.6. The number of fused-ring (bicyclic) bond motifs is 1. The van der Waals surface area contributed by atoms with Gasteiger partial charge >= 0.3 is 0 Å². The molecule has 0 unspecified atom stereocenters. The molecule has 0 aliphatic carbocycles. The molecule has 6 nitrogen and oxygen atoms in total. The summed E-state index contributed by atoms with van der Waals surface area (Å²) in [6, 6.07) is 7.49. The van der Waals surface area contributed by atoms with Crippen molar-refractivity contribution in [3.63, 3.8) is 0 Å². The van der Waals surface area contributed by atoms with Crippen LogP contribution in [-0.4, -0.2) is 4.57 Å². The first-order valence-electron chi connectivity index (χ1n) is 7.78. The molecule has 0 fully saturated rings. The number of aromatic nitrogens is 1. The molecule has 2 N–H and O–H groups in total. The Morgan fingerprint density at radius 2 is 2.21 bits per heavy atom. The predicted molar refractivity (Wildman–Crippen MR) is 88.3 cm³/mol. The van der Waals surface area contributed by atoms with Gasteiger partial charge in [0.25, 0.3) is 5.56 Å². The highest BCUT2D eigenvalue weighted by Crippen LogP contribution is 2.40. The highest BCUT2D eigenvalue weighted by molar-refractivity contribution is 5.50. The van der Waals surface area contributed by atoms with E-state index >= 15 is 0 Å². The Kier molecular flexibility index (Phi) is 3.94. The monoisotopic (exact) mass is 325 g/mol. The van der Waals surface area contributed by atoms with Gasteiger partial charge in [-0.3, -0.25) is 4.79 Å². The molecule has 0 aromatic carbocycles. The molecule has 0 amide bonds. The van der Waals surface area contributed by atoms with Gasteiger partial charge in [0.2, 0.25) is 5.88 Å². The van der Waals surface area contributed by atoms with Crippen LogP contribution >= 0.6 is 0 Å². The maximum absolute atomic E-state index is 13.1. The van der Waals surface area contributed by atoms with Crippen molar-refractivity contribution in [2.75, 3.05) is 0 Å². The summed E-state index contributed by atoms with van der Waals surface area (Å²) in [6.07, 6.45) is 1.57. The lowest BCUT2D eigenvalue weighted by Gasteiger charge is -2.29. The summed E-state index contributed by atoms with van der Waals surface area (Å²) in [5, 5.41) is 9.44. The van der Waals surface area contributed by atoms with Gasteiger partial charge in [0.05, 0.1) is 23.9 Å². The van der Waals surface area contributed by atoms with Crippen LogP contribution in [0.1, 0.15) is 36.8 Å². The van der Waals surface area contributed by atoms with Crippen molar-refractivity contribution in [2.45, 2.75) is 33.2 Å². The molecule has 1 aliphatic rings. The number of allylic oxidation sites excluding steroid dienone is 1. The molecule has 3 heterocycles. The van der Waals surface area contributed by atoms with E-state index in [9.17, 15) is 10.1 Å². The summed E-state index contributed by atoms with van der Waals surface area (Å²) in [7, 11) is 0. The van der Waals surface area contributed by atoms with Gasteiger partial charge in [0.1, 0.15) is 17.6 Å². The second kappa shape index (κ2) is 5.93. The van der Waals surface area contributed by atoms with Crippen LogP contribution in [0.5, 0.6) is 5.75 Å². The number of ether oxygens (including phenoxy) is 1. The Balaban J connectivity index is 2.20. The minimum atomic E-state index is -0.380. The summed E-state index contributed by atoms with van der Waals surface area (Å²) >= 11 is 0. The van der Waals surface area contributed by atoms with Crippen LogP contribution in [0.4, 0.5) is 0 Å². The Labute approximate surface area is 139 Å². The largest absolute Gasteiger partial charge is 0.467 e. The lowest BCUT2D eigenvalue weighted by molar-refractivity contribution is 0.365. The van der Waals surface area contributed by atoms with Crippen molar-refractivity contribution in [1.29, 1.82) is 5.26 Å². The topological polar surface area (TPSA) is 94.2 Å². The normalized spacial score (nSPS) is 16.7. The smallest absolute Gasteiger partial charge is 0.258 e. The van der Waals surface area contributed by atoms with Crippen molar-refractivity contribution in [3.8, 4) is 11.8 Å². The molecule has 1 aliphatic heterocycles. The van der Waals surface area contributed by atoms with Crippen molar-refractivity contribution >= 4 is 0 Å². The van der Waals surface area contributed by atoms with Crippen molar-refractivity contribution in [1.82, 2.24) is 4.57 Å². The maximum atomic E-state index is 13.1. The molecule has 2 aromatic heterocycles. The van der Waals surface area contributed by atoms with Gasteiger partial charge in [0.15, 0.2) is 0 Å². The molecule has 24 heavy (non-hydrogen) atoms. The SMILES string of the molecule is Cc1cc2c(c(=O)n1Cc1ccco1)[C@H](C(C)C)C(C#N)=C(N)O2.